The number of carbonyl (C=O) groups excluding carboxylic acids is 1. The number of nitro benzene ring substituents is 1. The average Bonchev–Trinajstić information content (AvgIpc) is 2.68. The first-order chi connectivity index (χ1) is 12.6. The molecule has 0 bridgehead atoms. The normalized spacial score (nSPS) is 10.3. The second-order valence-electron chi connectivity index (χ2n) is 5.58. The Morgan fingerprint density at radius 2 is 1.96 bits per heavy atom. The zero-order chi connectivity index (χ0) is 18.5. The van der Waals surface area contributed by atoms with Crippen LogP contribution in [0.4, 0.5) is 5.69 Å². The number of carbonyl (C=O) groups is 1. The van der Waals surface area contributed by atoms with Crippen LogP contribution in [0.3, 0.4) is 0 Å². The van der Waals surface area contributed by atoms with E-state index in [1.54, 1.807) is 30.3 Å². The summed E-state index contributed by atoms with van der Waals surface area (Å²) in [5.41, 5.74) is 1.90. The van der Waals surface area contributed by atoms with Gasteiger partial charge in [0.05, 0.1) is 18.2 Å². The van der Waals surface area contributed by atoms with E-state index in [-0.39, 0.29) is 18.0 Å². The van der Waals surface area contributed by atoms with Gasteiger partial charge in [-0.15, -0.1) is 0 Å². The molecule has 3 rings (SSSR count). The first-order valence-corrected chi connectivity index (χ1v) is 7.84. The van der Waals surface area contributed by atoms with Crippen molar-refractivity contribution in [2.24, 2.45) is 0 Å². The molecule has 3 aromatic rings. The SMILES string of the molecule is COc1ccc(-c2cc[n+](CC(=O)c3cccc([N+](=O)[O-])c3)cn2)cc1. The Morgan fingerprint density at radius 1 is 1.19 bits per heavy atom. The van der Waals surface area contributed by atoms with Crippen molar-refractivity contribution >= 4 is 11.5 Å². The van der Waals surface area contributed by atoms with Gasteiger partial charge in [-0.25, -0.2) is 4.57 Å². The lowest BCUT2D eigenvalue weighted by atomic mass is 10.1. The van der Waals surface area contributed by atoms with Crippen LogP contribution >= 0.6 is 0 Å². The lowest BCUT2D eigenvalue weighted by Gasteiger charge is -2.02. The summed E-state index contributed by atoms with van der Waals surface area (Å²) in [5.74, 6) is 0.542. The summed E-state index contributed by atoms with van der Waals surface area (Å²) in [5, 5.41) is 10.8. The molecule has 0 atom stereocenters. The Hall–Kier alpha value is -3.61. The van der Waals surface area contributed by atoms with Gasteiger partial charge < -0.3 is 4.74 Å². The Kier molecular flexibility index (Phi) is 4.98. The molecule has 2 aromatic carbocycles. The number of methoxy groups -OCH3 is 1. The number of ketones is 1. The Balaban J connectivity index is 1.73. The summed E-state index contributed by atoms with van der Waals surface area (Å²) in [6.45, 7) is 0.0526. The molecule has 0 aliphatic heterocycles. The van der Waals surface area contributed by atoms with Gasteiger partial charge in [0.1, 0.15) is 5.75 Å². The third-order valence-corrected chi connectivity index (χ3v) is 3.86. The van der Waals surface area contributed by atoms with E-state index in [0.29, 0.717) is 5.56 Å². The maximum Gasteiger partial charge on any atom is 0.287 e. The van der Waals surface area contributed by atoms with E-state index in [4.69, 9.17) is 4.74 Å². The topological polar surface area (TPSA) is 86.2 Å². The number of aromatic nitrogens is 2. The third-order valence-electron chi connectivity index (χ3n) is 3.86. The molecule has 0 amide bonds. The lowest BCUT2D eigenvalue weighted by molar-refractivity contribution is -0.686. The number of Topliss-reactive ketones (excluding diaryl/α,β-unsaturated/α-hetero) is 1. The highest BCUT2D eigenvalue weighted by Crippen LogP contribution is 2.19. The predicted molar refractivity (Wildman–Crippen MR) is 93.8 cm³/mol. The molecule has 0 saturated heterocycles. The van der Waals surface area contributed by atoms with Gasteiger partial charge in [0, 0.05) is 29.3 Å². The van der Waals surface area contributed by atoms with Crippen molar-refractivity contribution in [3.05, 3.63) is 82.8 Å². The average molecular weight is 350 g/mol. The summed E-state index contributed by atoms with van der Waals surface area (Å²) in [6.07, 6.45) is 3.32. The monoisotopic (exact) mass is 350 g/mol. The van der Waals surface area contributed by atoms with E-state index >= 15 is 0 Å². The fraction of sp³-hybridized carbons (Fsp3) is 0.105. The minimum Gasteiger partial charge on any atom is -0.497 e. The zero-order valence-electron chi connectivity index (χ0n) is 14.0. The van der Waals surface area contributed by atoms with Crippen molar-refractivity contribution < 1.29 is 19.0 Å². The summed E-state index contributed by atoms with van der Waals surface area (Å²) in [7, 11) is 1.61. The molecule has 7 nitrogen and oxygen atoms in total. The minimum absolute atomic E-state index is 0.0526. The van der Waals surface area contributed by atoms with Gasteiger partial charge in [-0.2, -0.15) is 0 Å². The van der Waals surface area contributed by atoms with Gasteiger partial charge in [-0.3, -0.25) is 14.9 Å². The van der Waals surface area contributed by atoms with Crippen molar-refractivity contribution in [2.45, 2.75) is 6.54 Å². The smallest absolute Gasteiger partial charge is 0.287 e. The molecule has 0 aliphatic rings. The van der Waals surface area contributed by atoms with E-state index in [2.05, 4.69) is 4.98 Å². The Morgan fingerprint density at radius 3 is 2.58 bits per heavy atom. The first kappa shape index (κ1) is 17.2. The molecule has 0 aliphatic carbocycles. The molecule has 1 aromatic heterocycles. The number of ether oxygens (including phenoxy) is 1. The lowest BCUT2D eigenvalue weighted by Crippen LogP contribution is -2.37. The fourth-order valence-corrected chi connectivity index (χ4v) is 2.46. The highest BCUT2D eigenvalue weighted by molar-refractivity contribution is 5.95. The Labute approximate surface area is 149 Å². The molecule has 0 radical (unpaired) electrons. The molecule has 0 spiro atoms. The zero-order valence-corrected chi connectivity index (χ0v) is 14.0. The minimum atomic E-state index is -0.519. The van der Waals surface area contributed by atoms with Crippen molar-refractivity contribution in [1.29, 1.82) is 0 Å². The molecule has 130 valence electrons. The quantitative estimate of drug-likeness (QED) is 0.295. The van der Waals surface area contributed by atoms with Gasteiger partial charge in [-0.1, -0.05) is 12.1 Å². The molecule has 1 heterocycles. The number of nitro groups is 1. The number of rotatable bonds is 6. The van der Waals surface area contributed by atoms with Crippen molar-refractivity contribution in [3.8, 4) is 17.0 Å². The number of nitrogens with zero attached hydrogens (tertiary/aromatic N) is 3. The molecule has 0 fully saturated rings. The van der Waals surface area contributed by atoms with Gasteiger partial charge in [0.15, 0.2) is 12.2 Å². The maximum atomic E-state index is 12.3. The molecule has 0 saturated carbocycles. The molecule has 0 N–H and O–H groups in total. The molecular weight excluding hydrogens is 334 g/mol. The highest BCUT2D eigenvalue weighted by atomic mass is 16.6. The second-order valence-corrected chi connectivity index (χ2v) is 5.58. The van der Waals surface area contributed by atoms with Crippen LogP contribution in [0.2, 0.25) is 0 Å². The van der Waals surface area contributed by atoms with Crippen LogP contribution in [0, 0.1) is 10.1 Å². The van der Waals surface area contributed by atoms with Crippen LogP contribution in [0.15, 0.2) is 67.1 Å². The van der Waals surface area contributed by atoms with E-state index in [1.165, 1.54) is 18.2 Å². The van der Waals surface area contributed by atoms with E-state index < -0.39 is 4.92 Å². The number of benzene rings is 2. The largest absolute Gasteiger partial charge is 0.497 e. The van der Waals surface area contributed by atoms with E-state index in [9.17, 15) is 14.9 Å². The van der Waals surface area contributed by atoms with E-state index in [0.717, 1.165) is 17.0 Å². The van der Waals surface area contributed by atoms with Gasteiger partial charge in [-0.05, 0) is 29.2 Å². The molecule has 0 unspecified atom stereocenters. The number of non-ortho nitro benzene ring substituents is 1. The summed E-state index contributed by atoms with van der Waals surface area (Å²) in [6, 6.07) is 15.0. The standard InChI is InChI=1S/C19H16N3O4/c1-26-17-7-5-14(6-8-17)18-9-10-21(13-20-18)12-19(23)15-3-2-4-16(11-15)22(24)25/h2-11,13H,12H2,1H3/q+1. The summed E-state index contributed by atoms with van der Waals surface area (Å²) < 4.78 is 6.76. The summed E-state index contributed by atoms with van der Waals surface area (Å²) >= 11 is 0. The Bertz CT molecular complexity index is 938. The highest BCUT2D eigenvalue weighted by Gasteiger charge is 2.15. The van der Waals surface area contributed by atoms with Crippen LogP contribution < -0.4 is 9.30 Å². The third kappa shape index (κ3) is 3.89. The fourth-order valence-electron chi connectivity index (χ4n) is 2.46. The van der Waals surface area contributed by atoms with Gasteiger partial charge in [0.25, 0.3) is 12.0 Å². The van der Waals surface area contributed by atoms with Crippen LogP contribution in [0.25, 0.3) is 11.3 Å². The van der Waals surface area contributed by atoms with Crippen LogP contribution in [0.1, 0.15) is 10.4 Å². The van der Waals surface area contributed by atoms with Gasteiger partial charge in [0.2, 0.25) is 5.78 Å². The predicted octanol–water partition coefficient (Wildman–Crippen LogP) is 2.84. The van der Waals surface area contributed by atoms with Crippen molar-refractivity contribution in [1.82, 2.24) is 4.98 Å². The molecular formula is C19H16N3O4+. The first-order valence-electron chi connectivity index (χ1n) is 7.84. The maximum absolute atomic E-state index is 12.3. The number of hydrogen-bond donors (Lipinski definition) is 0. The van der Waals surface area contributed by atoms with E-state index in [1.807, 2.05) is 30.3 Å². The van der Waals surface area contributed by atoms with Crippen molar-refractivity contribution in [2.75, 3.05) is 7.11 Å². The van der Waals surface area contributed by atoms with Crippen molar-refractivity contribution in [3.63, 3.8) is 0 Å². The van der Waals surface area contributed by atoms with Crippen LogP contribution in [-0.2, 0) is 6.54 Å². The molecule has 7 heteroatoms. The second kappa shape index (κ2) is 7.52. The van der Waals surface area contributed by atoms with Gasteiger partial charge >= 0.3 is 0 Å². The summed E-state index contributed by atoms with van der Waals surface area (Å²) in [4.78, 5) is 27.0. The molecule has 26 heavy (non-hydrogen) atoms. The number of hydrogen-bond acceptors (Lipinski definition) is 5. The van der Waals surface area contributed by atoms with Crippen LogP contribution in [0.5, 0.6) is 5.75 Å². The van der Waals surface area contributed by atoms with Crippen LogP contribution in [-0.4, -0.2) is 22.8 Å².